The van der Waals surface area contributed by atoms with Gasteiger partial charge in [-0.15, -0.1) is 0 Å². The second-order valence-corrected chi connectivity index (χ2v) is 7.56. The van der Waals surface area contributed by atoms with Crippen LogP contribution >= 0.6 is 11.6 Å². The molecule has 0 saturated carbocycles. The summed E-state index contributed by atoms with van der Waals surface area (Å²) < 4.78 is 0. The number of hydrogen-bond acceptors (Lipinski definition) is 3. The molecule has 0 radical (unpaired) electrons. The first kappa shape index (κ1) is 18.6. The van der Waals surface area contributed by atoms with Crippen molar-refractivity contribution in [1.82, 2.24) is 14.9 Å². The van der Waals surface area contributed by atoms with Crippen LogP contribution in [-0.4, -0.2) is 33.9 Å². The number of nitrogens with zero attached hydrogens (tertiary/aromatic N) is 3. The summed E-state index contributed by atoms with van der Waals surface area (Å²) in [7, 11) is 0. The van der Waals surface area contributed by atoms with E-state index in [4.69, 9.17) is 16.6 Å². The first-order valence-electron chi connectivity index (χ1n) is 9.59. The zero-order chi connectivity index (χ0) is 19.3. The first-order chi connectivity index (χ1) is 13.7. The Labute approximate surface area is 170 Å². The van der Waals surface area contributed by atoms with Gasteiger partial charge in [-0.25, -0.2) is 0 Å². The zero-order valence-electron chi connectivity index (χ0n) is 15.6. The Hall–Kier alpha value is -2.72. The average molecular weight is 392 g/mol. The summed E-state index contributed by atoms with van der Waals surface area (Å²) in [6.07, 6.45) is 6.06. The maximum absolute atomic E-state index is 12.8. The van der Waals surface area contributed by atoms with Crippen LogP contribution in [0.4, 0.5) is 0 Å². The number of hydrogen-bond donors (Lipinski definition) is 0. The fourth-order valence-electron chi connectivity index (χ4n) is 3.74. The lowest BCUT2D eigenvalue weighted by Crippen LogP contribution is -2.39. The van der Waals surface area contributed by atoms with Crippen molar-refractivity contribution in [2.45, 2.75) is 25.2 Å². The Morgan fingerprint density at radius 2 is 1.89 bits per heavy atom. The van der Waals surface area contributed by atoms with Crippen LogP contribution in [0.15, 0.2) is 67.0 Å². The number of rotatable bonds is 4. The fraction of sp³-hybridized carbons (Fsp3) is 0.261. The molecular weight excluding hydrogens is 370 g/mol. The second-order valence-electron chi connectivity index (χ2n) is 7.15. The lowest BCUT2D eigenvalue weighted by Gasteiger charge is -2.32. The van der Waals surface area contributed by atoms with Gasteiger partial charge in [0.2, 0.25) is 0 Å². The normalized spacial score (nSPS) is 16.8. The minimum absolute atomic E-state index is 0.0688. The summed E-state index contributed by atoms with van der Waals surface area (Å²) in [5, 5.41) is 0.765. The molecule has 142 valence electrons. The SMILES string of the molecule is O=C(c1ccncc1)N1CCCC(c2cccc(Cc3ccccc3Cl)n2)C1. The van der Waals surface area contributed by atoms with Crippen LogP contribution < -0.4 is 0 Å². The number of aromatic nitrogens is 2. The molecule has 4 nitrogen and oxygen atoms in total. The average Bonchev–Trinajstić information content (AvgIpc) is 2.76. The third-order valence-corrected chi connectivity index (χ3v) is 5.58. The first-order valence-corrected chi connectivity index (χ1v) is 9.97. The lowest BCUT2D eigenvalue weighted by atomic mass is 9.93. The lowest BCUT2D eigenvalue weighted by molar-refractivity contribution is 0.0705. The monoisotopic (exact) mass is 391 g/mol. The number of carbonyl (C=O) groups excluding carboxylic acids is 1. The maximum atomic E-state index is 12.8. The number of amides is 1. The number of pyridine rings is 2. The minimum atomic E-state index is 0.0688. The third-order valence-electron chi connectivity index (χ3n) is 5.21. The summed E-state index contributed by atoms with van der Waals surface area (Å²) in [6, 6.07) is 17.6. The Kier molecular flexibility index (Phi) is 5.68. The smallest absolute Gasteiger partial charge is 0.253 e. The Balaban J connectivity index is 1.49. The van der Waals surface area contributed by atoms with Crippen molar-refractivity contribution in [1.29, 1.82) is 0 Å². The molecule has 1 unspecified atom stereocenters. The Morgan fingerprint density at radius 1 is 1.07 bits per heavy atom. The number of carbonyl (C=O) groups is 1. The molecule has 0 spiro atoms. The molecular formula is C23H22ClN3O. The summed E-state index contributed by atoms with van der Waals surface area (Å²) >= 11 is 6.30. The standard InChI is InChI=1S/C23H22ClN3O/c24-21-8-2-1-5-18(21)15-20-7-3-9-22(26-20)19-6-4-14-27(16-19)23(28)17-10-12-25-13-11-17/h1-3,5,7-13,19H,4,6,14-16H2. The van der Waals surface area contributed by atoms with Crippen LogP contribution in [0, 0.1) is 0 Å². The van der Waals surface area contributed by atoms with Crippen LogP contribution in [0.1, 0.15) is 46.1 Å². The van der Waals surface area contributed by atoms with Gasteiger partial charge in [-0.05, 0) is 48.7 Å². The fourth-order valence-corrected chi connectivity index (χ4v) is 3.94. The van der Waals surface area contributed by atoms with Crippen LogP contribution in [0.3, 0.4) is 0 Å². The molecule has 0 aliphatic carbocycles. The molecule has 4 rings (SSSR count). The van der Waals surface area contributed by atoms with Crippen molar-refractivity contribution in [2.75, 3.05) is 13.1 Å². The quantitative estimate of drug-likeness (QED) is 0.645. The van der Waals surface area contributed by atoms with E-state index < -0.39 is 0 Å². The van der Waals surface area contributed by atoms with E-state index in [0.29, 0.717) is 18.5 Å². The van der Waals surface area contributed by atoms with E-state index >= 15 is 0 Å². The van der Waals surface area contributed by atoms with Gasteiger partial charge < -0.3 is 4.90 Å². The molecule has 0 N–H and O–H groups in total. The van der Waals surface area contributed by atoms with Crippen LogP contribution in [0.25, 0.3) is 0 Å². The van der Waals surface area contributed by atoms with E-state index in [1.54, 1.807) is 24.5 Å². The van der Waals surface area contributed by atoms with E-state index in [0.717, 1.165) is 41.4 Å². The second kappa shape index (κ2) is 8.53. The van der Waals surface area contributed by atoms with Crippen molar-refractivity contribution in [2.24, 2.45) is 0 Å². The van der Waals surface area contributed by atoms with E-state index in [1.165, 1.54) is 0 Å². The number of likely N-dealkylation sites (tertiary alicyclic amines) is 1. The van der Waals surface area contributed by atoms with Gasteiger partial charge in [0.25, 0.3) is 5.91 Å². The van der Waals surface area contributed by atoms with Crippen molar-refractivity contribution >= 4 is 17.5 Å². The van der Waals surface area contributed by atoms with Crippen LogP contribution in [0.2, 0.25) is 5.02 Å². The molecule has 1 saturated heterocycles. The highest BCUT2D eigenvalue weighted by molar-refractivity contribution is 6.31. The molecule has 1 aliphatic rings. The molecule has 0 bridgehead atoms. The maximum Gasteiger partial charge on any atom is 0.253 e. The zero-order valence-corrected chi connectivity index (χ0v) is 16.3. The highest BCUT2D eigenvalue weighted by Gasteiger charge is 2.26. The molecule has 1 fully saturated rings. The van der Waals surface area contributed by atoms with Crippen molar-refractivity contribution < 1.29 is 4.79 Å². The number of benzene rings is 1. The van der Waals surface area contributed by atoms with Crippen LogP contribution in [-0.2, 0) is 6.42 Å². The molecule has 5 heteroatoms. The largest absolute Gasteiger partial charge is 0.338 e. The summed E-state index contributed by atoms with van der Waals surface area (Å²) in [4.78, 5) is 23.6. The number of halogens is 1. The van der Waals surface area contributed by atoms with Crippen molar-refractivity contribution in [3.05, 3.63) is 94.5 Å². The van der Waals surface area contributed by atoms with Gasteiger partial charge in [0.05, 0.1) is 0 Å². The van der Waals surface area contributed by atoms with Crippen molar-refractivity contribution in [3.8, 4) is 0 Å². The number of piperidine rings is 1. The Morgan fingerprint density at radius 3 is 2.71 bits per heavy atom. The van der Waals surface area contributed by atoms with Gasteiger partial charge in [-0.2, -0.15) is 0 Å². The molecule has 2 aromatic heterocycles. The van der Waals surface area contributed by atoms with Gasteiger partial charge in [0.15, 0.2) is 0 Å². The predicted octanol–water partition coefficient (Wildman–Crippen LogP) is 4.74. The van der Waals surface area contributed by atoms with Crippen LogP contribution in [0.5, 0.6) is 0 Å². The molecule has 1 atom stereocenters. The van der Waals surface area contributed by atoms with E-state index in [2.05, 4.69) is 17.1 Å². The Bertz CT molecular complexity index is 961. The molecule has 3 aromatic rings. The highest BCUT2D eigenvalue weighted by atomic mass is 35.5. The van der Waals surface area contributed by atoms with Gasteiger partial charge in [-0.3, -0.25) is 14.8 Å². The topological polar surface area (TPSA) is 46.1 Å². The van der Waals surface area contributed by atoms with E-state index in [-0.39, 0.29) is 11.8 Å². The molecule has 1 aromatic carbocycles. The molecule has 3 heterocycles. The minimum Gasteiger partial charge on any atom is -0.338 e. The third kappa shape index (κ3) is 4.23. The summed E-state index contributed by atoms with van der Waals surface area (Å²) in [5.74, 6) is 0.324. The molecule has 28 heavy (non-hydrogen) atoms. The predicted molar refractivity (Wildman–Crippen MR) is 111 cm³/mol. The summed E-state index contributed by atoms with van der Waals surface area (Å²) in [5.41, 5.74) is 3.82. The molecule has 1 aliphatic heterocycles. The van der Waals surface area contributed by atoms with Crippen molar-refractivity contribution in [3.63, 3.8) is 0 Å². The molecule has 1 amide bonds. The summed E-state index contributed by atoms with van der Waals surface area (Å²) in [6.45, 7) is 1.49. The van der Waals surface area contributed by atoms with Gasteiger partial charge in [0.1, 0.15) is 0 Å². The van der Waals surface area contributed by atoms with E-state index in [1.807, 2.05) is 35.2 Å². The van der Waals surface area contributed by atoms with Gasteiger partial charge >= 0.3 is 0 Å². The van der Waals surface area contributed by atoms with Gasteiger partial charge in [0, 0.05) is 59.8 Å². The highest BCUT2D eigenvalue weighted by Crippen LogP contribution is 2.27. The van der Waals surface area contributed by atoms with Gasteiger partial charge in [-0.1, -0.05) is 35.9 Å². The van der Waals surface area contributed by atoms with E-state index in [9.17, 15) is 4.79 Å².